The fraction of sp³-hybridized carbons (Fsp3) is 1.00. The van der Waals surface area contributed by atoms with E-state index in [1.165, 1.54) is 0 Å². The van der Waals surface area contributed by atoms with Crippen LogP contribution in [0.2, 0.25) is 0 Å². The molecule has 0 bridgehead atoms. The summed E-state index contributed by atoms with van der Waals surface area (Å²) in [5.41, 5.74) is 0. The minimum atomic E-state index is -0.00116. The molecule has 0 aliphatic carbocycles. The lowest BCUT2D eigenvalue weighted by molar-refractivity contribution is 0.257. The number of hydrogen-bond donors (Lipinski definition) is 0. The Bertz CT molecular complexity index is 78.6. The molecule has 1 saturated heterocycles. The van der Waals surface area contributed by atoms with Crippen LogP contribution >= 0.6 is 0 Å². The van der Waals surface area contributed by atoms with Crippen LogP contribution in [0.4, 0.5) is 0 Å². The first kappa shape index (κ1) is 6.43. The fourth-order valence-corrected chi connectivity index (χ4v) is 5.42. The third kappa shape index (κ3) is 1.18. The molecule has 0 aromatic heterocycles. The van der Waals surface area contributed by atoms with Crippen molar-refractivity contribution >= 4 is 19.7 Å². The molecule has 8 heavy (non-hydrogen) atoms. The summed E-state index contributed by atoms with van der Waals surface area (Å²) in [7, 11) is 6.60. The molecule has 1 fully saturated rings. The van der Waals surface area contributed by atoms with Crippen LogP contribution in [0.1, 0.15) is 0 Å². The van der Waals surface area contributed by atoms with E-state index in [0.717, 1.165) is 0 Å². The fourth-order valence-electron chi connectivity index (χ4n) is 0.959. The van der Waals surface area contributed by atoms with E-state index >= 15 is 0 Å². The minimum Gasteiger partial charge on any atom is -0.332 e. The molecule has 5 heteroatoms. The Kier molecular flexibility index (Phi) is 1.83. The van der Waals surface area contributed by atoms with E-state index in [9.17, 15) is 0 Å². The lowest BCUT2D eigenvalue weighted by atomic mass is 11.4. The number of hydrogen-bond acceptors (Lipinski definition) is 3. The lowest BCUT2D eigenvalue weighted by Crippen LogP contribution is -2.31. The second-order valence-electron chi connectivity index (χ2n) is 2.45. The smallest absolute Gasteiger partial charge is 0.181 e. The van der Waals surface area contributed by atoms with E-state index in [1.54, 1.807) is 0 Å². The number of nitrogens with zero attached hydrogens (tertiary/aromatic N) is 3. The van der Waals surface area contributed by atoms with Crippen molar-refractivity contribution in [1.82, 2.24) is 13.6 Å². The molecule has 1 heterocycles. The zero-order valence-electron chi connectivity index (χ0n) is 5.76. The van der Waals surface area contributed by atoms with E-state index in [4.69, 9.17) is 0 Å². The highest BCUT2D eigenvalue weighted by molar-refractivity contribution is 6.51. The Morgan fingerprint density at radius 1 is 0.875 bits per heavy atom. The summed E-state index contributed by atoms with van der Waals surface area (Å²) >= 11 is 0. The van der Waals surface area contributed by atoms with Crippen LogP contribution in [0.5, 0.6) is 0 Å². The van der Waals surface area contributed by atoms with Crippen molar-refractivity contribution in [3.8, 4) is 0 Å². The van der Waals surface area contributed by atoms with Crippen molar-refractivity contribution in [2.75, 3.05) is 21.1 Å². The summed E-state index contributed by atoms with van der Waals surface area (Å²) in [5, 5.41) is 0. The summed E-state index contributed by atoms with van der Waals surface area (Å²) in [6.07, 6.45) is 0. The molecule has 1 aliphatic rings. The Balaban J connectivity index is 2.39. The van der Waals surface area contributed by atoms with Crippen molar-refractivity contribution < 1.29 is 0 Å². The average Bonchev–Trinajstić information content (AvgIpc) is 1.85. The molecule has 0 aromatic rings. The van der Waals surface area contributed by atoms with Gasteiger partial charge in [0.1, 0.15) is 0 Å². The molecule has 48 valence electrons. The molecule has 0 saturated carbocycles. The molecule has 0 N–H and O–H groups in total. The van der Waals surface area contributed by atoms with Crippen molar-refractivity contribution in [2.24, 2.45) is 0 Å². The number of hydrazine groups is 1. The van der Waals surface area contributed by atoms with Gasteiger partial charge >= 0.3 is 0 Å². The van der Waals surface area contributed by atoms with Crippen molar-refractivity contribution in [2.45, 2.75) is 0 Å². The van der Waals surface area contributed by atoms with Gasteiger partial charge in [0.25, 0.3) is 0 Å². The summed E-state index contributed by atoms with van der Waals surface area (Å²) in [5.74, 6) is 0. The maximum atomic E-state index is 2.53. The molecule has 0 unspecified atom stereocenters. The molecule has 1 rings (SSSR count). The normalized spacial score (nSPS) is 33.4. The molecule has 0 atom stereocenters. The maximum Gasteiger partial charge on any atom is 0.181 e. The molecule has 0 aromatic carbocycles. The molecule has 0 spiro atoms. The average molecular weight is 147 g/mol. The summed E-state index contributed by atoms with van der Waals surface area (Å²) < 4.78 is 7.29. The van der Waals surface area contributed by atoms with Gasteiger partial charge in [-0.25, -0.2) is 0 Å². The first-order valence-corrected chi connectivity index (χ1v) is 5.34. The predicted octanol–water partition coefficient (Wildman–Crippen LogP) is -2.29. The van der Waals surface area contributed by atoms with Crippen LogP contribution in [-0.4, -0.2) is 54.4 Å². The van der Waals surface area contributed by atoms with Crippen molar-refractivity contribution in [1.29, 1.82) is 0 Å². The Hall–Kier alpha value is 0.314. The van der Waals surface area contributed by atoms with Crippen LogP contribution in [0, 0.1) is 0 Å². The Labute approximate surface area is 55.2 Å². The minimum absolute atomic E-state index is 0.00116. The largest absolute Gasteiger partial charge is 0.332 e. The highest BCUT2D eigenvalue weighted by Crippen LogP contribution is 1.96. The Morgan fingerprint density at radius 3 is 1.38 bits per heavy atom. The van der Waals surface area contributed by atoms with Crippen LogP contribution in [0.3, 0.4) is 0 Å². The highest BCUT2D eigenvalue weighted by atomic mass is 28.3. The lowest BCUT2D eigenvalue weighted by Gasteiger charge is -2.15. The van der Waals surface area contributed by atoms with E-state index in [1.807, 2.05) is 0 Å². The summed E-state index contributed by atoms with van der Waals surface area (Å²) in [6.45, 7) is 0. The molecular weight excluding hydrogens is 134 g/mol. The van der Waals surface area contributed by atoms with Gasteiger partial charge in [0.05, 0.1) is 0 Å². The molecule has 3 nitrogen and oxygen atoms in total. The molecule has 1 aliphatic heterocycles. The third-order valence-electron chi connectivity index (χ3n) is 1.48. The van der Waals surface area contributed by atoms with Crippen LogP contribution in [0.15, 0.2) is 0 Å². The van der Waals surface area contributed by atoms with Crippen molar-refractivity contribution in [3.05, 3.63) is 0 Å². The SMILES string of the molecule is CN1[SiH2]N(C)N(C)[SiH2]1. The quantitative estimate of drug-likeness (QED) is 0.357. The van der Waals surface area contributed by atoms with Gasteiger partial charge in [0, 0.05) is 0 Å². The second-order valence-corrected chi connectivity index (χ2v) is 7.90. The van der Waals surface area contributed by atoms with Gasteiger partial charge in [0.15, 0.2) is 19.7 Å². The van der Waals surface area contributed by atoms with Gasteiger partial charge in [-0.05, 0) is 21.1 Å². The Morgan fingerprint density at radius 2 is 1.25 bits per heavy atom. The summed E-state index contributed by atoms with van der Waals surface area (Å²) in [6, 6.07) is 0. The monoisotopic (exact) mass is 147 g/mol. The van der Waals surface area contributed by atoms with Gasteiger partial charge < -0.3 is 4.23 Å². The zero-order chi connectivity index (χ0) is 6.15. The van der Waals surface area contributed by atoms with E-state index < -0.39 is 0 Å². The maximum absolute atomic E-state index is 2.53. The standard InChI is InChI=1S/C3H13N3Si2/c1-4-5(2)8-6(3)7-4/h7-8H2,1-3H3. The first-order chi connectivity index (χ1) is 3.70. The summed E-state index contributed by atoms with van der Waals surface area (Å²) in [4.78, 5) is 0. The van der Waals surface area contributed by atoms with Gasteiger partial charge in [-0.1, -0.05) is 0 Å². The first-order valence-electron chi connectivity index (χ1n) is 2.81. The van der Waals surface area contributed by atoms with E-state index in [2.05, 4.69) is 34.7 Å². The van der Waals surface area contributed by atoms with Crippen molar-refractivity contribution in [3.63, 3.8) is 0 Å². The van der Waals surface area contributed by atoms with Gasteiger partial charge in [-0.15, -0.1) is 0 Å². The predicted molar refractivity (Wildman–Crippen MR) is 40.4 cm³/mol. The molecular formula is C3H13N3Si2. The zero-order valence-corrected chi connectivity index (χ0v) is 8.58. The van der Waals surface area contributed by atoms with Crippen LogP contribution in [-0.2, 0) is 0 Å². The van der Waals surface area contributed by atoms with Gasteiger partial charge in [0.2, 0.25) is 0 Å². The van der Waals surface area contributed by atoms with E-state index in [-0.39, 0.29) is 19.7 Å². The van der Waals surface area contributed by atoms with Gasteiger partial charge in [-0.2, -0.15) is 0 Å². The topological polar surface area (TPSA) is 9.72 Å². The number of rotatable bonds is 0. The van der Waals surface area contributed by atoms with Crippen LogP contribution < -0.4 is 0 Å². The highest BCUT2D eigenvalue weighted by Gasteiger charge is 2.18. The van der Waals surface area contributed by atoms with Gasteiger partial charge in [-0.3, -0.25) is 9.35 Å². The molecule has 0 radical (unpaired) electrons. The third-order valence-corrected chi connectivity index (χ3v) is 5.83. The van der Waals surface area contributed by atoms with Crippen LogP contribution in [0.25, 0.3) is 0 Å². The second kappa shape index (κ2) is 2.28. The van der Waals surface area contributed by atoms with E-state index in [0.29, 0.717) is 0 Å². The molecule has 0 amide bonds.